The highest BCUT2D eigenvalue weighted by Gasteiger charge is 2.38. The van der Waals surface area contributed by atoms with Gasteiger partial charge in [0.1, 0.15) is 17.6 Å². The van der Waals surface area contributed by atoms with Crippen LogP contribution in [0, 0.1) is 12.8 Å². The predicted octanol–water partition coefficient (Wildman–Crippen LogP) is 2.13. The molecule has 32 heavy (non-hydrogen) atoms. The van der Waals surface area contributed by atoms with E-state index in [0.29, 0.717) is 42.3 Å². The van der Waals surface area contributed by atoms with Gasteiger partial charge in [0, 0.05) is 13.5 Å². The number of hydrogen-bond donors (Lipinski definition) is 2. The fourth-order valence-corrected chi connectivity index (χ4v) is 4.07. The molecule has 0 bridgehead atoms. The molecule has 0 unspecified atom stereocenters. The van der Waals surface area contributed by atoms with Gasteiger partial charge in [0.25, 0.3) is 0 Å². The summed E-state index contributed by atoms with van der Waals surface area (Å²) in [5, 5.41) is 12.7. The summed E-state index contributed by atoms with van der Waals surface area (Å²) in [6.45, 7) is 3.34. The van der Waals surface area contributed by atoms with E-state index in [9.17, 15) is 23.1 Å². The number of carbonyl (C=O) groups is 1. The van der Waals surface area contributed by atoms with Crippen LogP contribution in [0.4, 0.5) is 24.7 Å². The van der Waals surface area contributed by atoms with Gasteiger partial charge in [0.2, 0.25) is 11.7 Å². The number of anilines is 2. The average molecular weight is 452 g/mol. The lowest BCUT2D eigenvalue weighted by Crippen LogP contribution is -2.52. The molecule has 0 spiro atoms. The van der Waals surface area contributed by atoms with Crippen molar-refractivity contribution in [3.05, 3.63) is 29.7 Å². The number of aromatic nitrogens is 4. The lowest BCUT2D eigenvalue weighted by atomic mass is 9.80. The number of aryl methyl sites for hydroxylation is 1. The monoisotopic (exact) mass is 452 g/mol. The normalized spacial score (nSPS) is 23.8. The van der Waals surface area contributed by atoms with Gasteiger partial charge in [0.05, 0.1) is 30.3 Å². The molecule has 1 aliphatic heterocycles. The van der Waals surface area contributed by atoms with E-state index in [4.69, 9.17) is 4.74 Å². The van der Waals surface area contributed by atoms with Gasteiger partial charge in [-0.3, -0.25) is 4.79 Å². The SMILES string of the molecule is Cc1nc(CC2CC(Oc3cnc(C(F)(F)F)nc3)C2)nc2c1NC(=O)[C@H]([C@@H](C)O)N2C. The summed E-state index contributed by atoms with van der Waals surface area (Å²) in [6, 6.07) is -0.739. The number of rotatable bonds is 5. The zero-order valence-electron chi connectivity index (χ0n) is 17.7. The lowest BCUT2D eigenvalue weighted by molar-refractivity contribution is -0.145. The maximum Gasteiger partial charge on any atom is 0.451 e. The highest BCUT2D eigenvalue weighted by Crippen LogP contribution is 2.36. The fourth-order valence-electron chi connectivity index (χ4n) is 4.07. The molecule has 3 heterocycles. The molecule has 12 heteroatoms. The van der Waals surface area contributed by atoms with Crippen LogP contribution < -0.4 is 15.0 Å². The van der Waals surface area contributed by atoms with Crippen molar-refractivity contribution >= 4 is 17.4 Å². The first-order chi connectivity index (χ1) is 15.0. The van der Waals surface area contributed by atoms with Crippen molar-refractivity contribution in [2.45, 2.75) is 57.5 Å². The minimum Gasteiger partial charge on any atom is -0.487 e. The number of fused-ring (bicyclic) bond motifs is 1. The van der Waals surface area contributed by atoms with Gasteiger partial charge < -0.3 is 20.1 Å². The number of amides is 1. The minimum absolute atomic E-state index is 0.138. The van der Waals surface area contributed by atoms with Crippen LogP contribution in [0.25, 0.3) is 0 Å². The number of carbonyl (C=O) groups excluding carboxylic acids is 1. The van der Waals surface area contributed by atoms with Crippen molar-refractivity contribution in [3.63, 3.8) is 0 Å². The molecule has 2 aromatic heterocycles. The molecule has 2 atom stereocenters. The second-order valence-electron chi connectivity index (χ2n) is 8.23. The topological polar surface area (TPSA) is 113 Å². The molecular weight excluding hydrogens is 429 g/mol. The molecule has 1 amide bonds. The molecule has 1 aliphatic carbocycles. The largest absolute Gasteiger partial charge is 0.487 e. The van der Waals surface area contributed by atoms with Crippen molar-refractivity contribution in [2.75, 3.05) is 17.3 Å². The van der Waals surface area contributed by atoms with E-state index in [1.54, 1.807) is 25.8 Å². The summed E-state index contributed by atoms with van der Waals surface area (Å²) in [5.41, 5.74) is 1.18. The number of hydrogen-bond acceptors (Lipinski definition) is 8. The number of ether oxygens (including phenoxy) is 1. The van der Waals surface area contributed by atoms with E-state index >= 15 is 0 Å². The third-order valence-corrected chi connectivity index (χ3v) is 5.69. The zero-order chi connectivity index (χ0) is 23.2. The Bertz CT molecular complexity index is 1010. The van der Waals surface area contributed by atoms with E-state index in [1.807, 2.05) is 0 Å². The van der Waals surface area contributed by atoms with Crippen LogP contribution >= 0.6 is 0 Å². The van der Waals surface area contributed by atoms with Crippen LogP contribution in [0.1, 0.15) is 37.1 Å². The highest BCUT2D eigenvalue weighted by molar-refractivity contribution is 6.03. The molecule has 2 N–H and O–H groups in total. The van der Waals surface area contributed by atoms with Gasteiger partial charge in [0.15, 0.2) is 11.6 Å². The highest BCUT2D eigenvalue weighted by atomic mass is 19.4. The third-order valence-electron chi connectivity index (χ3n) is 5.69. The van der Waals surface area contributed by atoms with Crippen molar-refractivity contribution in [1.29, 1.82) is 0 Å². The summed E-state index contributed by atoms with van der Waals surface area (Å²) < 4.78 is 43.3. The summed E-state index contributed by atoms with van der Waals surface area (Å²) in [6.07, 6.45) is -1.54. The van der Waals surface area contributed by atoms with E-state index in [1.165, 1.54) is 0 Å². The maximum atomic E-state index is 12.5. The molecule has 1 fully saturated rings. The minimum atomic E-state index is -4.58. The van der Waals surface area contributed by atoms with E-state index in [-0.39, 0.29) is 23.7 Å². The smallest absolute Gasteiger partial charge is 0.451 e. The molecule has 4 rings (SSSR count). The van der Waals surface area contributed by atoms with E-state index in [2.05, 4.69) is 25.3 Å². The first kappa shape index (κ1) is 22.2. The average Bonchev–Trinajstić information content (AvgIpc) is 2.67. The van der Waals surface area contributed by atoms with Crippen molar-refractivity contribution < 1.29 is 27.8 Å². The Morgan fingerprint density at radius 3 is 2.53 bits per heavy atom. The number of likely N-dealkylation sites (N-methyl/N-ethyl adjacent to an activating group) is 1. The zero-order valence-corrected chi connectivity index (χ0v) is 17.7. The number of nitrogens with one attached hydrogen (secondary N) is 1. The molecule has 2 aromatic rings. The standard InChI is InChI=1S/C20H23F3N6O3/c1-9-15-17(29(3)16(10(2)30)18(31)28-15)27-14(26-9)6-11-4-12(5-11)32-13-7-24-19(25-8-13)20(21,22)23/h7-8,10-12,16,30H,4-6H2,1-3H3,(H,28,31)/t10-,11?,12?,16+/m1/s1. The molecule has 2 aliphatic rings. The number of alkyl halides is 3. The summed E-state index contributed by atoms with van der Waals surface area (Å²) in [7, 11) is 1.71. The van der Waals surface area contributed by atoms with E-state index in [0.717, 1.165) is 12.4 Å². The summed E-state index contributed by atoms with van der Waals surface area (Å²) >= 11 is 0. The molecule has 172 valence electrons. The Labute approximate surface area is 182 Å². The van der Waals surface area contributed by atoms with Gasteiger partial charge in [-0.2, -0.15) is 13.2 Å². The molecular formula is C20H23F3N6O3. The predicted molar refractivity (Wildman–Crippen MR) is 107 cm³/mol. The van der Waals surface area contributed by atoms with E-state index < -0.39 is 24.1 Å². The van der Waals surface area contributed by atoms with Gasteiger partial charge in [-0.05, 0) is 32.6 Å². The molecule has 0 saturated heterocycles. The van der Waals surface area contributed by atoms with Crippen LogP contribution in [-0.2, 0) is 17.4 Å². The van der Waals surface area contributed by atoms with Crippen molar-refractivity contribution in [1.82, 2.24) is 19.9 Å². The number of halogens is 3. The fraction of sp³-hybridized carbons (Fsp3) is 0.550. The Morgan fingerprint density at radius 2 is 1.94 bits per heavy atom. The first-order valence-corrected chi connectivity index (χ1v) is 10.2. The van der Waals surface area contributed by atoms with Gasteiger partial charge in [-0.25, -0.2) is 19.9 Å². The van der Waals surface area contributed by atoms with Crippen LogP contribution in [-0.4, -0.2) is 56.2 Å². The molecule has 9 nitrogen and oxygen atoms in total. The lowest BCUT2D eigenvalue weighted by Gasteiger charge is -2.37. The van der Waals surface area contributed by atoms with Gasteiger partial charge in [-0.1, -0.05) is 0 Å². The van der Waals surface area contributed by atoms with Gasteiger partial charge >= 0.3 is 6.18 Å². The molecule has 1 saturated carbocycles. The Kier molecular flexibility index (Phi) is 5.65. The van der Waals surface area contributed by atoms with Gasteiger partial charge in [-0.15, -0.1) is 0 Å². The van der Waals surface area contributed by atoms with Crippen LogP contribution in [0.2, 0.25) is 0 Å². The second kappa shape index (κ2) is 8.15. The molecule has 0 aromatic carbocycles. The van der Waals surface area contributed by atoms with Crippen molar-refractivity contribution in [3.8, 4) is 5.75 Å². The summed E-state index contributed by atoms with van der Waals surface area (Å²) in [4.78, 5) is 29.7. The third kappa shape index (κ3) is 4.31. The maximum absolute atomic E-state index is 12.5. The van der Waals surface area contributed by atoms with Crippen molar-refractivity contribution in [2.24, 2.45) is 5.92 Å². The van der Waals surface area contributed by atoms with Crippen LogP contribution in [0.5, 0.6) is 5.75 Å². The Morgan fingerprint density at radius 1 is 1.28 bits per heavy atom. The number of aliphatic hydroxyl groups is 1. The van der Waals surface area contributed by atoms with Crippen LogP contribution in [0.3, 0.4) is 0 Å². The quantitative estimate of drug-likeness (QED) is 0.710. The number of nitrogens with zero attached hydrogens (tertiary/aromatic N) is 5. The Hall–Kier alpha value is -3.02. The Balaban J connectivity index is 1.37. The second-order valence-corrected chi connectivity index (χ2v) is 8.23. The summed E-state index contributed by atoms with van der Waals surface area (Å²) in [5.74, 6) is 0.130. The first-order valence-electron chi connectivity index (χ1n) is 10.2. The number of aliphatic hydroxyl groups excluding tert-OH is 1. The molecule has 0 radical (unpaired) electrons. The van der Waals surface area contributed by atoms with Crippen LogP contribution in [0.15, 0.2) is 12.4 Å².